The lowest BCUT2D eigenvalue weighted by Crippen LogP contribution is -2.50. The zero-order valence-electron chi connectivity index (χ0n) is 17.7. The fraction of sp³-hybridized carbons (Fsp3) is 0.391. The molecule has 31 heavy (non-hydrogen) atoms. The Morgan fingerprint density at radius 2 is 1.71 bits per heavy atom. The molecule has 0 radical (unpaired) electrons. The normalized spacial score (nSPS) is 20.0. The van der Waals surface area contributed by atoms with Crippen LogP contribution in [0.25, 0.3) is 11.4 Å². The predicted molar refractivity (Wildman–Crippen MR) is 114 cm³/mol. The van der Waals surface area contributed by atoms with Crippen LogP contribution in [0.15, 0.2) is 42.7 Å². The topological polar surface area (TPSA) is 82.4 Å². The fourth-order valence-electron chi connectivity index (χ4n) is 4.86. The van der Waals surface area contributed by atoms with Crippen molar-refractivity contribution in [2.24, 2.45) is 0 Å². The number of methoxy groups -OCH3 is 2. The lowest BCUT2D eigenvalue weighted by molar-refractivity contribution is 0.0420. The minimum Gasteiger partial charge on any atom is -0.493 e. The Labute approximate surface area is 180 Å². The smallest absolute Gasteiger partial charge is 0.254 e. The first-order chi connectivity index (χ1) is 15.2. The number of nitrogens with zero attached hydrogens (tertiary/aromatic N) is 5. The summed E-state index contributed by atoms with van der Waals surface area (Å²) in [5, 5.41) is 9.01. The SMILES string of the molecule is COc1ccc(-c2nnc3n2[C@@H]2CCCC[C@H]2N(C(=O)c2ccncc2)C3)cc1OC. The molecule has 8 nitrogen and oxygen atoms in total. The van der Waals surface area contributed by atoms with Gasteiger partial charge in [0.2, 0.25) is 0 Å². The van der Waals surface area contributed by atoms with Crippen molar-refractivity contribution >= 4 is 5.91 Å². The summed E-state index contributed by atoms with van der Waals surface area (Å²) in [4.78, 5) is 19.3. The maximum Gasteiger partial charge on any atom is 0.254 e. The molecule has 1 aliphatic carbocycles. The van der Waals surface area contributed by atoms with Gasteiger partial charge in [0.15, 0.2) is 23.1 Å². The van der Waals surface area contributed by atoms with Crippen molar-refractivity contribution in [2.75, 3.05) is 14.2 Å². The first-order valence-electron chi connectivity index (χ1n) is 10.6. The minimum absolute atomic E-state index is 0.0289. The first kappa shape index (κ1) is 19.5. The van der Waals surface area contributed by atoms with E-state index < -0.39 is 0 Å². The van der Waals surface area contributed by atoms with Gasteiger partial charge in [0.05, 0.1) is 32.8 Å². The third-order valence-corrected chi connectivity index (χ3v) is 6.33. The van der Waals surface area contributed by atoms with Gasteiger partial charge in [-0.15, -0.1) is 10.2 Å². The summed E-state index contributed by atoms with van der Waals surface area (Å²) in [6.45, 7) is 0.447. The van der Waals surface area contributed by atoms with Gasteiger partial charge in [-0.1, -0.05) is 12.8 Å². The van der Waals surface area contributed by atoms with Crippen molar-refractivity contribution in [3.63, 3.8) is 0 Å². The van der Waals surface area contributed by atoms with Crippen LogP contribution in [0, 0.1) is 0 Å². The van der Waals surface area contributed by atoms with E-state index in [0.717, 1.165) is 42.9 Å². The van der Waals surface area contributed by atoms with Gasteiger partial charge in [0.1, 0.15) is 0 Å². The molecule has 0 unspecified atom stereocenters. The minimum atomic E-state index is 0.0289. The van der Waals surface area contributed by atoms with Crippen LogP contribution in [0.2, 0.25) is 0 Å². The molecule has 1 saturated carbocycles. The van der Waals surface area contributed by atoms with Gasteiger partial charge < -0.3 is 18.9 Å². The molecule has 3 heterocycles. The molecule has 0 spiro atoms. The monoisotopic (exact) mass is 419 g/mol. The number of pyridine rings is 1. The second-order valence-corrected chi connectivity index (χ2v) is 7.97. The van der Waals surface area contributed by atoms with E-state index in [4.69, 9.17) is 9.47 Å². The van der Waals surface area contributed by atoms with E-state index in [0.29, 0.717) is 23.6 Å². The van der Waals surface area contributed by atoms with E-state index in [1.165, 1.54) is 0 Å². The van der Waals surface area contributed by atoms with E-state index in [1.807, 2.05) is 23.1 Å². The first-order valence-corrected chi connectivity index (χ1v) is 10.6. The van der Waals surface area contributed by atoms with Gasteiger partial charge in [-0.3, -0.25) is 9.78 Å². The highest BCUT2D eigenvalue weighted by Gasteiger charge is 2.41. The quantitative estimate of drug-likeness (QED) is 0.644. The van der Waals surface area contributed by atoms with Crippen molar-refractivity contribution in [3.8, 4) is 22.9 Å². The summed E-state index contributed by atoms with van der Waals surface area (Å²) in [7, 11) is 3.25. The number of rotatable bonds is 4. The summed E-state index contributed by atoms with van der Waals surface area (Å²) in [6, 6.07) is 9.62. The molecular formula is C23H25N5O3. The van der Waals surface area contributed by atoms with Crippen LogP contribution >= 0.6 is 0 Å². The lowest BCUT2D eigenvalue weighted by atomic mass is 9.86. The molecule has 8 heteroatoms. The number of hydrogen-bond donors (Lipinski definition) is 0. The van der Waals surface area contributed by atoms with Crippen LogP contribution < -0.4 is 9.47 Å². The Hall–Kier alpha value is -3.42. The van der Waals surface area contributed by atoms with Crippen molar-refractivity contribution in [2.45, 2.75) is 44.3 Å². The van der Waals surface area contributed by atoms with Gasteiger partial charge in [-0.05, 0) is 43.2 Å². The second-order valence-electron chi connectivity index (χ2n) is 7.97. The summed E-state index contributed by atoms with van der Waals surface area (Å²) < 4.78 is 13.1. The van der Waals surface area contributed by atoms with Crippen LogP contribution in [0.4, 0.5) is 0 Å². The Balaban J connectivity index is 1.55. The van der Waals surface area contributed by atoms with E-state index in [2.05, 4.69) is 19.7 Å². The Morgan fingerprint density at radius 1 is 0.968 bits per heavy atom. The van der Waals surface area contributed by atoms with Crippen LogP contribution in [-0.4, -0.2) is 50.8 Å². The molecule has 160 valence electrons. The molecule has 1 aromatic carbocycles. The van der Waals surface area contributed by atoms with Crippen molar-refractivity contribution in [1.29, 1.82) is 0 Å². The molecule has 2 aromatic heterocycles. The summed E-state index contributed by atoms with van der Waals surface area (Å²) in [6.07, 6.45) is 7.53. The predicted octanol–water partition coefficient (Wildman–Crippen LogP) is 3.50. The lowest BCUT2D eigenvalue weighted by Gasteiger charge is -2.44. The number of carbonyl (C=O) groups is 1. The molecular weight excluding hydrogens is 394 g/mol. The maximum absolute atomic E-state index is 13.3. The number of ether oxygens (including phenoxy) is 2. The molecule has 0 saturated heterocycles. The molecule has 0 N–H and O–H groups in total. The van der Waals surface area contributed by atoms with Crippen LogP contribution in [0.5, 0.6) is 11.5 Å². The summed E-state index contributed by atoms with van der Waals surface area (Å²) in [5.41, 5.74) is 1.59. The molecule has 2 aliphatic rings. The number of hydrogen-bond acceptors (Lipinski definition) is 6. The van der Waals surface area contributed by atoms with E-state index >= 15 is 0 Å². The van der Waals surface area contributed by atoms with Gasteiger partial charge >= 0.3 is 0 Å². The number of carbonyl (C=O) groups excluding carboxylic acids is 1. The van der Waals surface area contributed by atoms with Gasteiger partial charge in [0.25, 0.3) is 5.91 Å². The number of benzene rings is 1. The third-order valence-electron chi connectivity index (χ3n) is 6.33. The number of fused-ring (bicyclic) bond motifs is 3. The van der Waals surface area contributed by atoms with Gasteiger partial charge in [0, 0.05) is 23.5 Å². The van der Waals surface area contributed by atoms with E-state index in [1.54, 1.807) is 38.7 Å². The Bertz CT molecular complexity index is 1100. The van der Waals surface area contributed by atoms with Crippen molar-refractivity contribution in [1.82, 2.24) is 24.6 Å². The highest BCUT2D eigenvalue weighted by Crippen LogP contribution is 2.41. The van der Waals surface area contributed by atoms with Gasteiger partial charge in [-0.25, -0.2) is 0 Å². The molecule has 0 bridgehead atoms. The Morgan fingerprint density at radius 3 is 2.45 bits per heavy atom. The average molecular weight is 419 g/mol. The number of aromatic nitrogens is 4. The number of amides is 1. The largest absolute Gasteiger partial charge is 0.493 e. The summed E-state index contributed by atoms with van der Waals surface area (Å²) >= 11 is 0. The zero-order valence-corrected chi connectivity index (χ0v) is 17.7. The molecule has 1 amide bonds. The van der Waals surface area contributed by atoms with Crippen molar-refractivity contribution in [3.05, 3.63) is 54.1 Å². The molecule has 2 atom stereocenters. The molecule has 1 aliphatic heterocycles. The van der Waals surface area contributed by atoms with Crippen LogP contribution in [-0.2, 0) is 6.54 Å². The fourth-order valence-corrected chi connectivity index (χ4v) is 4.86. The Kier molecular flexibility index (Phi) is 5.05. The van der Waals surface area contributed by atoms with Crippen LogP contribution in [0.1, 0.15) is 47.9 Å². The summed E-state index contributed by atoms with van der Waals surface area (Å²) in [5.74, 6) is 2.98. The highest BCUT2D eigenvalue weighted by molar-refractivity contribution is 5.94. The van der Waals surface area contributed by atoms with Crippen molar-refractivity contribution < 1.29 is 14.3 Å². The molecule has 3 aromatic rings. The zero-order chi connectivity index (χ0) is 21.4. The van der Waals surface area contributed by atoms with Gasteiger partial charge in [-0.2, -0.15) is 0 Å². The molecule has 5 rings (SSSR count). The third kappa shape index (κ3) is 3.32. The van der Waals surface area contributed by atoms with E-state index in [9.17, 15) is 4.79 Å². The highest BCUT2D eigenvalue weighted by atomic mass is 16.5. The standard InChI is InChI=1S/C23H25N5O3/c1-30-19-8-7-16(13-20(19)31-2)22-26-25-21-14-27(23(29)15-9-11-24-12-10-15)17-5-3-4-6-18(17)28(21)22/h7-13,17-18H,3-6,14H2,1-2H3/t17-,18-/m1/s1. The van der Waals surface area contributed by atoms with E-state index in [-0.39, 0.29) is 18.0 Å². The average Bonchev–Trinajstić information content (AvgIpc) is 3.27. The molecule has 1 fully saturated rings. The second kappa shape index (κ2) is 8.02. The maximum atomic E-state index is 13.3. The van der Waals surface area contributed by atoms with Crippen LogP contribution in [0.3, 0.4) is 0 Å².